The summed E-state index contributed by atoms with van der Waals surface area (Å²) in [4.78, 5) is 12.4. The maximum atomic E-state index is 12.4. The quantitative estimate of drug-likeness (QED) is 0.0575. The molecule has 0 amide bonds. The van der Waals surface area contributed by atoms with Crippen LogP contribution in [0, 0.1) is 0 Å². The molecule has 2 aliphatic heterocycles. The second-order valence-corrected chi connectivity index (χ2v) is 16.7. The van der Waals surface area contributed by atoms with E-state index < -0.39 is 61.1 Å². The van der Waals surface area contributed by atoms with Crippen molar-refractivity contribution in [3.8, 4) is 0 Å². The Hall–Kier alpha value is -5.57. The van der Waals surface area contributed by atoms with Crippen molar-refractivity contribution in [3.05, 3.63) is 215 Å². The largest absolute Gasteiger partial charge is 0.463 e. The first-order valence-corrected chi connectivity index (χ1v) is 23.0. The van der Waals surface area contributed by atoms with Gasteiger partial charge in [-0.05, 0) is 33.4 Å². The lowest BCUT2D eigenvalue weighted by atomic mass is 9.97. The van der Waals surface area contributed by atoms with Gasteiger partial charge in [0.1, 0.15) is 55.4 Å². The molecule has 6 unspecified atom stereocenters. The van der Waals surface area contributed by atoms with Gasteiger partial charge in [-0.2, -0.15) is 0 Å². The fraction of sp³-hybridized carbons (Fsp3) is 0.339. The summed E-state index contributed by atoms with van der Waals surface area (Å²) in [5, 5.41) is 0. The van der Waals surface area contributed by atoms with Gasteiger partial charge >= 0.3 is 5.97 Å². The van der Waals surface area contributed by atoms with Gasteiger partial charge < -0.3 is 47.4 Å². The Balaban J connectivity index is 1.10. The van der Waals surface area contributed by atoms with Crippen molar-refractivity contribution in [2.24, 2.45) is 0 Å². The molecule has 6 aromatic carbocycles. The first-order valence-electron chi connectivity index (χ1n) is 23.0. The van der Waals surface area contributed by atoms with Crippen LogP contribution in [0.5, 0.6) is 0 Å². The third-order valence-corrected chi connectivity index (χ3v) is 11.7. The summed E-state index contributed by atoms with van der Waals surface area (Å²) in [6, 6.07) is 59.8. The maximum absolute atomic E-state index is 12.4. The highest BCUT2D eigenvalue weighted by molar-refractivity contribution is 5.65. The molecule has 350 valence electrons. The van der Waals surface area contributed by atoms with Crippen LogP contribution in [0.4, 0.5) is 0 Å². The van der Waals surface area contributed by atoms with Gasteiger partial charge in [0.25, 0.3) is 0 Å². The highest BCUT2D eigenvalue weighted by atomic mass is 16.7. The van der Waals surface area contributed by atoms with Crippen molar-refractivity contribution in [2.45, 2.75) is 102 Å². The van der Waals surface area contributed by atoms with Gasteiger partial charge in [0.15, 0.2) is 6.29 Å². The summed E-state index contributed by atoms with van der Waals surface area (Å²) in [5.41, 5.74) is 5.93. The zero-order chi connectivity index (χ0) is 45.9. The number of carbonyl (C=O) groups excluding carboxylic acids is 1. The van der Waals surface area contributed by atoms with E-state index in [0.717, 1.165) is 33.4 Å². The van der Waals surface area contributed by atoms with Crippen LogP contribution in [0.3, 0.4) is 0 Å². The topological polar surface area (TPSA) is 109 Å². The van der Waals surface area contributed by atoms with E-state index in [1.807, 2.05) is 182 Å². The molecule has 6 aromatic rings. The number of carbonyl (C=O) groups is 1. The average Bonchev–Trinajstić information content (AvgIpc) is 3.38. The predicted molar refractivity (Wildman–Crippen MR) is 251 cm³/mol. The molecule has 67 heavy (non-hydrogen) atoms. The molecule has 2 heterocycles. The first-order chi connectivity index (χ1) is 33.1. The maximum Gasteiger partial charge on any atom is 0.302 e. The van der Waals surface area contributed by atoms with Crippen LogP contribution in [0.25, 0.3) is 0 Å². The van der Waals surface area contributed by atoms with Gasteiger partial charge in [-0.25, -0.2) is 0 Å². The van der Waals surface area contributed by atoms with Crippen LogP contribution in [-0.2, 0) is 91.8 Å². The molecular formula is C56H60O11. The number of hydrogen-bond acceptors (Lipinski definition) is 11. The second-order valence-electron chi connectivity index (χ2n) is 16.7. The summed E-state index contributed by atoms with van der Waals surface area (Å²) in [6.45, 7) is 3.24. The Morgan fingerprint density at radius 3 is 1.15 bits per heavy atom. The van der Waals surface area contributed by atoms with Crippen LogP contribution in [0.15, 0.2) is 182 Å². The molecule has 11 heteroatoms. The third-order valence-electron chi connectivity index (χ3n) is 11.7. The molecule has 0 saturated carbocycles. The lowest BCUT2D eigenvalue weighted by molar-refractivity contribution is -0.335. The minimum absolute atomic E-state index is 0.0210. The van der Waals surface area contributed by atoms with Crippen LogP contribution in [-0.4, -0.2) is 80.9 Å². The molecule has 2 saturated heterocycles. The number of esters is 1. The Morgan fingerprint density at radius 2 is 0.746 bits per heavy atom. The SMILES string of the molecule is CC(=O)OCC1O[C@H](OCC2OCC(OCc3ccccc3)C(OCc3ccccc3)[C@@H]2OCc2ccccc2)C(OCc2ccccc2)C(OCc2ccccc2)[C@@H]1OCc1ccccc1. The van der Waals surface area contributed by atoms with E-state index >= 15 is 0 Å². The molecule has 0 aliphatic carbocycles. The summed E-state index contributed by atoms with van der Waals surface area (Å²) < 4.78 is 66.7. The van der Waals surface area contributed by atoms with Gasteiger partial charge in [-0.3, -0.25) is 4.79 Å². The molecule has 9 atom stereocenters. The Morgan fingerprint density at radius 1 is 0.403 bits per heavy atom. The zero-order valence-corrected chi connectivity index (χ0v) is 37.9. The van der Waals surface area contributed by atoms with E-state index in [9.17, 15) is 4.79 Å². The van der Waals surface area contributed by atoms with Gasteiger partial charge in [0.05, 0.1) is 52.9 Å². The number of rotatable bonds is 23. The second kappa shape index (κ2) is 25.5. The Kier molecular flexibility index (Phi) is 18.3. The number of benzene rings is 6. The lowest BCUT2D eigenvalue weighted by Crippen LogP contribution is -2.63. The normalized spacial score (nSPS) is 23.9. The zero-order valence-electron chi connectivity index (χ0n) is 37.9. The van der Waals surface area contributed by atoms with Gasteiger partial charge in [0, 0.05) is 6.92 Å². The van der Waals surface area contributed by atoms with Gasteiger partial charge in [-0.15, -0.1) is 0 Å². The lowest BCUT2D eigenvalue weighted by Gasteiger charge is -2.46. The molecule has 0 bridgehead atoms. The standard InChI is InChI=1S/C56H60O11/c1-41(57)58-40-50-53(63-35-45-26-14-5-15-27-45)54(64-36-46-28-16-6-17-29-46)55(65-37-47-30-18-7-19-31-47)56(67-50)66-39-49-52(62-34-44-24-12-4-13-25-44)51(61-33-43-22-10-3-11-23-43)48(38-60-49)59-32-42-20-8-2-9-21-42/h2-31,48-56H,32-40H2,1H3/t48?,49?,50?,51?,52-,53-,54?,55?,56+/m1/s1. The Labute approximate surface area is 393 Å². The van der Waals surface area contributed by atoms with E-state index in [4.69, 9.17) is 47.4 Å². The predicted octanol–water partition coefficient (Wildman–Crippen LogP) is 9.20. The Bertz CT molecular complexity index is 2290. The van der Waals surface area contributed by atoms with E-state index in [1.165, 1.54) is 6.92 Å². The van der Waals surface area contributed by atoms with Crippen molar-refractivity contribution >= 4 is 5.97 Å². The molecule has 2 fully saturated rings. The van der Waals surface area contributed by atoms with Crippen LogP contribution in [0.2, 0.25) is 0 Å². The van der Waals surface area contributed by atoms with Crippen LogP contribution >= 0.6 is 0 Å². The van der Waals surface area contributed by atoms with Gasteiger partial charge in [0.2, 0.25) is 0 Å². The average molecular weight is 909 g/mol. The molecule has 2 aliphatic rings. The van der Waals surface area contributed by atoms with Crippen LogP contribution in [0.1, 0.15) is 40.3 Å². The molecule has 11 nitrogen and oxygen atoms in total. The number of hydrogen-bond donors (Lipinski definition) is 0. The minimum Gasteiger partial charge on any atom is -0.463 e. The van der Waals surface area contributed by atoms with Crippen molar-refractivity contribution in [1.82, 2.24) is 0 Å². The third kappa shape index (κ3) is 14.5. The van der Waals surface area contributed by atoms with E-state index in [2.05, 4.69) is 0 Å². The van der Waals surface area contributed by atoms with Crippen molar-refractivity contribution in [1.29, 1.82) is 0 Å². The smallest absolute Gasteiger partial charge is 0.302 e. The summed E-state index contributed by atoms with van der Waals surface area (Å²) in [5.74, 6) is -0.452. The molecule has 0 spiro atoms. The van der Waals surface area contributed by atoms with Gasteiger partial charge in [-0.1, -0.05) is 182 Å². The molecule has 0 radical (unpaired) electrons. The van der Waals surface area contributed by atoms with Crippen molar-refractivity contribution < 1.29 is 52.2 Å². The summed E-state index contributed by atoms with van der Waals surface area (Å²) >= 11 is 0. The fourth-order valence-corrected chi connectivity index (χ4v) is 8.24. The van der Waals surface area contributed by atoms with E-state index in [0.29, 0.717) is 19.8 Å². The number of ether oxygens (including phenoxy) is 10. The summed E-state index contributed by atoms with van der Waals surface area (Å²) in [7, 11) is 0. The minimum atomic E-state index is -1.03. The first kappa shape index (κ1) is 47.9. The van der Waals surface area contributed by atoms with Crippen molar-refractivity contribution in [2.75, 3.05) is 19.8 Å². The molecular weight excluding hydrogens is 849 g/mol. The van der Waals surface area contributed by atoms with E-state index in [-0.39, 0.29) is 39.6 Å². The molecule has 0 N–H and O–H groups in total. The summed E-state index contributed by atoms with van der Waals surface area (Å²) in [6.07, 6.45) is -6.45. The highest BCUT2D eigenvalue weighted by Gasteiger charge is 2.51. The van der Waals surface area contributed by atoms with E-state index in [1.54, 1.807) is 0 Å². The highest BCUT2D eigenvalue weighted by Crippen LogP contribution is 2.33. The molecule has 0 aromatic heterocycles. The monoisotopic (exact) mass is 908 g/mol. The van der Waals surface area contributed by atoms with Crippen LogP contribution < -0.4 is 0 Å². The molecule has 8 rings (SSSR count). The fourth-order valence-electron chi connectivity index (χ4n) is 8.24. The van der Waals surface area contributed by atoms with Crippen molar-refractivity contribution in [3.63, 3.8) is 0 Å².